The first kappa shape index (κ1) is 22.3. The Morgan fingerprint density at radius 2 is 1.75 bits per heavy atom. The fraction of sp³-hybridized carbons (Fsp3) is 0.500. The molecule has 0 aliphatic rings. The van der Waals surface area contributed by atoms with E-state index in [2.05, 4.69) is 27.7 Å². The molecule has 3 nitrogen and oxygen atoms in total. The molecule has 134 valence electrons. The van der Waals surface area contributed by atoms with Crippen LogP contribution in [0.15, 0.2) is 29.6 Å². The molecule has 0 bridgehead atoms. The minimum atomic E-state index is -0.274. The maximum Gasteiger partial charge on any atom is 0.221 e. The number of hydrogen-bond donors (Lipinski definition) is 1. The Kier molecular flexibility index (Phi) is 11.8. The predicted octanol–water partition coefficient (Wildman–Crippen LogP) is 5.36. The van der Waals surface area contributed by atoms with Crippen LogP contribution < -0.4 is 5.73 Å². The van der Waals surface area contributed by atoms with E-state index < -0.39 is 0 Å². The molecule has 1 unspecified atom stereocenters. The molecule has 1 heterocycles. The lowest BCUT2D eigenvalue weighted by molar-refractivity contribution is -0.118. The molecule has 2 rings (SSSR count). The highest BCUT2D eigenvalue weighted by atomic mass is 32.1. The van der Waals surface area contributed by atoms with Gasteiger partial charge in [0.2, 0.25) is 5.91 Å². The molecule has 0 saturated carbocycles. The lowest BCUT2D eigenvalue weighted by atomic mass is 10.0. The van der Waals surface area contributed by atoms with E-state index >= 15 is 0 Å². The molecule has 0 fully saturated rings. The number of benzene rings is 1. The number of thiophene rings is 1. The van der Waals surface area contributed by atoms with Gasteiger partial charge in [0.05, 0.1) is 6.42 Å². The molecule has 24 heavy (non-hydrogen) atoms. The zero-order valence-electron chi connectivity index (χ0n) is 15.6. The zero-order valence-corrected chi connectivity index (χ0v) is 16.4. The predicted molar refractivity (Wildman–Crippen MR) is 105 cm³/mol. The van der Waals surface area contributed by atoms with Crippen LogP contribution in [0.3, 0.4) is 0 Å². The molecule has 0 aliphatic carbocycles. The molecule has 0 radical (unpaired) electrons. The van der Waals surface area contributed by atoms with E-state index in [1.807, 2.05) is 29.6 Å². The van der Waals surface area contributed by atoms with E-state index in [0.29, 0.717) is 18.1 Å². The molecule has 2 N–H and O–H groups in total. The standard InChI is InChI=1S/C10H9NOS.C7H14O.C3H8/c11-10(12)5-7-6-13-9-4-2-1-3-8(7)9;1-4-6(2)5-7(3)8;1-3-2/h1-4,6H,5H2,(H2,11,12);6H,4-5H2,1-3H3;3H2,1-2H3. The van der Waals surface area contributed by atoms with E-state index in [9.17, 15) is 9.59 Å². The summed E-state index contributed by atoms with van der Waals surface area (Å²) in [5.41, 5.74) is 6.18. The summed E-state index contributed by atoms with van der Waals surface area (Å²) in [6.45, 7) is 10.1. The number of carbonyl (C=O) groups excluding carboxylic acids is 2. The van der Waals surface area contributed by atoms with Gasteiger partial charge in [-0.05, 0) is 35.2 Å². The van der Waals surface area contributed by atoms with Crippen molar-refractivity contribution < 1.29 is 9.59 Å². The third-order valence-corrected chi connectivity index (χ3v) is 4.27. The van der Waals surface area contributed by atoms with Gasteiger partial charge >= 0.3 is 0 Å². The van der Waals surface area contributed by atoms with Crippen molar-refractivity contribution in [2.45, 2.75) is 60.3 Å². The molecule has 0 aliphatic heterocycles. The first-order valence-corrected chi connectivity index (χ1v) is 9.46. The molecule has 1 aromatic carbocycles. The monoisotopic (exact) mass is 349 g/mol. The van der Waals surface area contributed by atoms with Gasteiger partial charge in [-0.3, -0.25) is 4.79 Å². The molecule has 0 spiro atoms. The molecule has 4 heteroatoms. The van der Waals surface area contributed by atoms with Crippen molar-refractivity contribution in [3.63, 3.8) is 0 Å². The number of carbonyl (C=O) groups is 2. The van der Waals surface area contributed by atoms with Crippen molar-refractivity contribution in [3.05, 3.63) is 35.2 Å². The number of Topliss-reactive ketones (excluding diaryl/α,β-unsaturated/α-hetero) is 1. The summed E-state index contributed by atoms with van der Waals surface area (Å²) >= 11 is 1.65. The normalized spacial score (nSPS) is 10.9. The lowest BCUT2D eigenvalue weighted by Gasteiger charge is -2.01. The van der Waals surface area contributed by atoms with E-state index in [1.165, 1.54) is 11.1 Å². The van der Waals surface area contributed by atoms with Gasteiger partial charge in [-0.2, -0.15) is 0 Å². The van der Waals surface area contributed by atoms with Crippen LogP contribution in [0.1, 0.15) is 59.4 Å². The van der Waals surface area contributed by atoms with Crippen molar-refractivity contribution in [2.24, 2.45) is 11.7 Å². The number of amides is 1. The zero-order chi connectivity index (χ0) is 18.5. The van der Waals surface area contributed by atoms with Gasteiger partial charge in [-0.25, -0.2) is 0 Å². The molecule has 1 atom stereocenters. The Morgan fingerprint density at radius 3 is 2.21 bits per heavy atom. The third-order valence-electron chi connectivity index (χ3n) is 3.26. The minimum Gasteiger partial charge on any atom is -0.369 e. The Bertz CT molecular complexity index is 619. The second-order valence-corrected chi connectivity index (χ2v) is 6.94. The molecule has 1 aromatic heterocycles. The maximum absolute atomic E-state index is 10.7. The van der Waals surface area contributed by atoms with Crippen LogP contribution >= 0.6 is 11.3 Å². The Labute approximate surface area is 150 Å². The van der Waals surface area contributed by atoms with Crippen molar-refractivity contribution in [1.82, 2.24) is 0 Å². The smallest absolute Gasteiger partial charge is 0.221 e. The van der Waals surface area contributed by atoms with Crippen LogP contribution in [-0.4, -0.2) is 11.7 Å². The number of fused-ring (bicyclic) bond motifs is 1. The Morgan fingerprint density at radius 1 is 1.17 bits per heavy atom. The third kappa shape index (κ3) is 9.46. The van der Waals surface area contributed by atoms with Crippen molar-refractivity contribution >= 4 is 33.1 Å². The van der Waals surface area contributed by atoms with Crippen LogP contribution in [0.25, 0.3) is 10.1 Å². The average Bonchev–Trinajstić information content (AvgIpc) is 2.91. The highest BCUT2D eigenvalue weighted by Gasteiger charge is 2.05. The first-order valence-electron chi connectivity index (χ1n) is 8.58. The first-order chi connectivity index (χ1) is 11.3. The topological polar surface area (TPSA) is 60.2 Å². The Balaban J connectivity index is 0.000000415. The number of nitrogens with two attached hydrogens (primary N) is 1. The maximum atomic E-state index is 10.7. The van der Waals surface area contributed by atoms with Crippen LogP contribution in [-0.2, 0) is 16.0 Å². The fourth-order valence-corrected chi connectivity index (χ4v) is 2.96. The van der Waals surface area contributed by atoms with Gasteiger partial charge in [-0.1, -0.05) is 58.7 Å². The van der Waals surface area contributed by atoms with Crippen molar-refractivity contribution in [3.8, 4) is 0 Å². The van der Waals surface area contributed by atoms with Gasteiger partial charge in [0, 0.05) is 11.1 Å². The van der Waals surface area contributed by atoms with Gasteiger partial charge in [0.1, 0.15) is 5.78 Å². The van der Waals surface area contributed by atoms with Gasteiger partial charge < -0.3 is 10.5 Å². The summed E-state index contributed by atoms with van der Waals surface area (Å²) in [5.74, 6) is 0.607. The van der Waals surface area contributed by atoms with E-state index in [4.69, 9.17) is 5.73 Å². The van der Waals surface area contributed by atoms with E-state index in [1.54, 1.807) is 18.3 Å². The fourth-order valence-electron chi connectivity index (χ4n) is 1.99. The number of hydrogen-bond acceptors (Lipinski definition) is 3. The van der Waals surface area contributed by atoms with Crippen molar-refractivity contribution in [1.29, 1.82) is 0 Å². The molecule has 0 saturated heterocycles. The number of primary amides is 1. The number of rotatable bonds is 5. The summed E-state index contributed by atoms with van der Waals surface area (Å²) in [6, 6.07) is 8.03. The largest absolute Gasteiger partial charge is 0.369 e. The highest BCUT2D eigenvalue weighted by Crippen LogP contribution is 2.25. The summed E-state index contributed by atoms with van der Waals surface area (Å²) in [7, 11) is 0. The van der Waals surface area contributed by atoms with E-state index in [-0.39, 0.29) is 5.91 Å². The van der Waals surface area contributed by atoms with E-state index in [0.717, 1.165) is 23.8 Å². The minimum absolute atomic E-state index is 0.274. The van der Waals surface area contributed by atoms with Gasteiger partial charge in [-0.15, -0.1) is 11.3 Å². The highest BCUT2D eigenvalue weighted by molar-refractivity contribution is 7.17. The summed E-state index contributed by atoms with van der Waals surface area (Å²) in [5, 5.41) is 3.14. The molecular formula is C20H31NO2S. The quantitative estimate of drug-likeness (QED) is 0.790. The van der Waals surface area contributed by atoms with Crippen molar-refractivity contribution in [2.75, 3.05) is 0 Å². The van der Waals surface area contributed by atoms with Crippen LogP contribution in [0, 0.1) is 5.92 Å². The van der Waals surface area contributed by atoms with Crippen LogP contribution in [0.5, 0.6) is 0 Å². The Hall–Kier alpha value is -1.68. The summed E-state index contributed by atoms with van der Waals surface area (Å²) in [4.78, 5) is 21.2. The van der Waals surface area contributed by atoms with Gasteiger partial charge in [0.25, 0.3) is 0 Å². The SMILES string of the molecule is CCC.CCC(C)CC(C)=O.NC(=O)Cc1csc2ccccc12. The van der Waals surface area contributed by atoms with Crippen LogP contribution in [0.2, 0.25) is 0 Å². The number of ketones is 1. The second kappa shape index (κ2) is 12.7. The summed E-state index contributed by atoms with van der Waals surface area (Å²) < 4.78 is 1.21. The lowest BCUT2D eigenvalue weighted by Crippen LogP contribution is -2.13. The average molecular weight is 350 g/mol. The summed E-state index contributed by atoms with van der Waals surface area (Å²) in [6.07, 6.45) is 3.44. The van der Waals surface area contributed by atoms with Crippen LogP contribution in [0.4, 0.5) is 0 Å². The van der Waals surface area contributed by atoms with Gasteiger partial charge in [0.15, 0.2) is 0 Å². The molecular weight excluding hydrogens is 318 g/mol. The molecule has 2 aromatic rings. The second-order valence-electron chi connectivity index (χ2n) is 6.03. The molecule has 1 amide bonds.